The van der Waals surface area contributed by atoms with Gasteiger partial charge in [0, 0.05) is 22.8 Å². The van der Waals surface area contributed by atoms with Gasteiger partial charge in [-0.1, -0.05) is 0 Å². The molecule has 6 heteroatoms. The molecule has 1 aromatic heterocycles. The molecule has 0 unspecified atom stereocenters. The van der Waals surface area contributed by atoms with Gasteiger partial charge in [-0.2, -0.15) is 0 Å². The lowest BCUT2D eigenvalue weighted by molar-refractivity contribution is 0.102. The highest BCUT2D eigenvalue weighted by Gasteiger charge is 2.10. The van der Waals surface area contributed by atoms with E-state index in [-0.39, 0.29) is 5.91 Å². The molecule has 1 aromatic carbocycles. The molecule has 1 amide bonds. The Hall–Kier alpha value is -1.92. The van der Waals surface area contributed by atoms with Gasteiger partial charge < -0.3 is 5.43 Å². The summed E-state index contributed by atoms with van der Waals surface area (Å²) in [5.41, 5.74) is 4.78. The molecule has 0 aliphatic carbocycles. The summed E-state index contributed by atoms with van der Waals surface area (Å²) < 4.78 is 0. The van der Waals surface area contributed by atoms with Crippen LogP contribution >= 0.6 is 11.3 Å². The van der Waals surface area contributed by atoms with Crippen molar-refractivity contribution in [2.75, 3.05) is 10.7 Å². The van der Waals surface area contributed by atoms with Crippen LogP contribution in [0.15, 0.2) is 29.8 Å². The Morgan fingerprint density at radius 2 is 2.29 bits per heavy atom. The molecule has 0 fully saturated rings. The lowest BCUT2D eigenvalue weighted by atomic mass is 10.1. The van der Waals surface area contributed by atoms with E-state index in [1.54, 1.807) is 18.3 Å². The Labute approximate surface area is 103 Å². The third-order valence-electron chi connectivity index (χ3n) is 2.29. The fourth-order valence-corrected chi connectivity index (χ4v) is 1.98. The number of amides is 1. The Kier molecular flexibility index (Phi) is 3.36. The molecule has 0 atom stereocenters. The van der Waals surface area contributed by atoms with Crippen LogP contribution in [0.4, 0.5) is 10.8 Å². The molecule has 0 aliphatic rings. The van der Waals surface area contributed by atoms with E-state index in [4.69, 9.17) is 5.84 Å². The van der Waals surface area contributed by atoms with Crippen LogP contribution in [0.2, 0.25) is 0 Å². The summed E-state index contributed by atoms with van der Waals surface area (Å²) in [6.07, 6.45) is 1.65. The summed E-state index contributed by atoms with van der Waals surface area (Å²) in [4.78, 5) is 15.9. The Morgan fingerprint density at radius 1 is 1.47 bits per heavy atom. The first-order valence-electron chi connectivity index (χ1n) is 4.99. The van der Waals surface area contributed by atoms with E-state index >= 15 is 0 Å². The Morgan fingerprint density at radius 3 is 2.88 bits per heavy atom. The molecule has 1 heterocycles. The van der Waals surface area contributed by atoms with Gasteiger partial charge in [0.15, 0.2) is 5.13 Å². The highest BCUT2D eigenvalue weighted by atomic mass is 32.1. The van der Waals surface area contributed by atoms with Crippen LogP contribution in [0.5, 0.6) is 0 Å². The molecule has 0 saturated heterocycles. The number of hydrazine groups is 1. The number of rotatable bonds is 3. The topological polar surface area (TPSA) is 80.0 Å². The highest BCUT2D eigenvalue weighted by molar-refractivity contribution is 7.13. The second-order valence-corrected chi connectivity index (χ2v) is 4.36. The molecule has 88 valence electrons. The number of aryl methyl sites for hydroxylation is 1. The third kappa shape index (κ3) is 2.61. The van der Waals surface area contributed by atoms with Crippen molar-refractivity contribution in [1.82, 2.24) is 4.98 Å². The summed E-state index contributed by atoms with van der Waals surface area (Å²) in [5.74, 6) is 5.13. The van der Waals surface area contributed by atoms with Gasteiger partial charge in [-0.15, -0.1) is 11.3 Å². The number of hydrogen-bond acceptors (Lipinski definition) is 5. The van der Waals surface area contributed by atoms with Gasteiger partial charge in [0.05, 0.1) is 0 Å². The van der Waals surface area contributed by atoms with E-state index in [0.29, 0.717) is 10.7 Å². The number of nitrogens with one attached hydrogen (secondary N) is 2. The van der Waals surface area contributed by atoms with E-state index in [2.05, 4.69) is 15.7 Å². The lowest BCUT2D eigenvalue weighted by Crippen LogP contribution is -2.14. The van der Waals surface area contributed by atoms with Gasteiger partial charge in [-0.05, 0) is 30.7 Å². The van der Waals surface area contributed by atoms with Gasteiger partial charge in [0.25, 0.3) is 5.91 Å². The molecule has 0 aliphatic heterocycles. The van der Waals surface area contributed by atoms with Gasteiger partial charge in [0.1, 0.15) is 0 Å². The first kappa shape index (κ1) is 11.6. The monoisotopic (exact) mass is 248 g/mol. The minimum Gasteiger partial charge on any atom is -0.324 e. The molecule has 0 bridgehead atoms. The Bertz CT molecular complexity index is 524. The zero-order valence-corrected chi connectivity index (χ0v) is 10.0. The zero-order valence-electron chi connectivity index (χ0n) is 9.23. The molecule has 5 nitrogen and oxygen atoms in total. The number of benzene rings is 1. The number of hydrogen-bond donors (Lipinski definition) is 3. The lowest BCUT2D eigenvalue weighted by Gasteiger charge is -2.07. The maximum Gasteiger partial charge on any atom is 0.257 e. The number of nitrogens with zero attached hydrogens (tertiary/aromatic N) is 1. The fraction of sp³-hybridized carbons (Fsp3) is 0.0909. The average Bonchev–Trinajstić information content (AvgIpc) is 2.81. The summed E-state index contributed by atoms with van der Waals surface area (Å²) in [7, 11) is 0. The first-order chi connectivity index (χ1) is 8.20. The number of nitrogen functional groups attached to an aromatic ring is 1. The molecule has 0 saturated carbocycles. The average molecular weight is 248 g/mol. The van der Waals surface area contributed by atoms with E-state index in [1.807, 2.05) is 18.4 Å². The van der Waals surface area contributed by atoms with Crippen LogP contribution in [-0.4, -0.2) is 10.9 Å². The van der Waals surface area contributed by atoms with E-state index in [1.165, 1.54) is 11.3 Å². The first-order valence-corrected chi connectivity index (χ1v) is 5.87. The minimum absolute atomic E-state index is 0.166. The summed E-state index contributed by atoms with van der Waals surface area (Å²) in [5, 5.41) is 5.14. The van der Waals surface area contributed by atoms with Gasteiger partial charge in [-0.25, -0.2) is 4.98 Å². The quantitative estimate of drug-likeness (QED) is 0.573. The molecule has 2 rings (SSSR count). The van der Waals surface area contributed by atoms with Gasteiger partial charge in [-0.3, -0.25) is 16.0 Å². The molecule has 2 aromatic rings. The van der Waals surface area contributed by atoms with Crippen molar-refractivity contribution in [2.45, 2.75) is 6.92 Å². The standard InChI is InChI=1S/C11H12N4OS/c1-7-6-8(15-12)2-3-9(7)10(16)14-11-13-4-5-17-11/h2-6,15H,12H2,1H3,(H,13,14,16). The summed E-state index contributed by atoms with van der Waals surface area (Å²) in [6, 6.07) is 5.30. The molecular weight excluding hydrogens is 236 g/mol. The van der Waals surface area contributed by atoms with Crippen molar-refractivity contribution in [3.8, 4) is 0 Å². The van der Waals surface area contributed by atoms with E-state index in [9.17, 15) is 4.79 Å². The van der Waals surface area contributed by atoms with Crippen LogP contribution < -0.4 is 16.6 Å². The third-order valence-corrected chi connectivity index (χ3v) is 2.98. The van der Waals surface area contributed by atoms with Crippen molar-refractivity contribution in [1.29, 1.82) is 0 Å². The van der Waals surface area contributed by atoms with Crippen LogP contribution in [0.1, 0.15) is 15.9 Å². The second kappa shape index (κ2) is 4.94. The number of thiazole rings is 1. The van der Waals surface area contributed by atoms with E-state index in [0.717, 1.165) is 11.3 Å². The van der Waals surface area contributed by atoms with E-state index < -0.39 is 0 Å². The SMILES string of the molecule is Cc1cc(NN)ccc1C(=O)Nc1nccs1. The number of anilines is 2. The highest BCUT2D eigenvalue weighted by Crippen LogP contribution is 2.17. The van der Waals surface area contributed by atoms with Gasteiger partial charge in [0.2, 0.25) is 0 Å². The minimum atomic E-state index is -0.166. The van der Waals surface area contributed by atoms with Crippen molar-refractivity contribution < 1.29 is 4.79 Å². The van der Waals surface area contributed by atoms with Crippen molar-refractivity contribution in [3.63, 3.8) is 0 Å². The molecule has 0 radical (unpaired) electrons. The molecule has 17 heavy (non-hydrogen) atoms. The maximum atomic E-state index is 11.9. The molecule has 4 N–H and O–H groups in total. The maximum absolute atomic E-state index is 11.9. The van der Waals surface area contributed by atoms with Crippen LogP contribution in [0, 0.1) is 6.92 Å². The van der Waals surface area contributed by atoms with Crippen molar-refractivity contribution in [3.05, 3.63) is 40.9 Å². The summed E-state index contributed by atoms with van der Waals surface area (Å²) >= 11 is 1.38. The number of carbonyl (C=O) groups excluding carboxylic acids is 1. The van der Waals surface area contributed by atoms with Crippen LogP contribution in [-0.2, 0) is 0 Å². The largest absolute Gasteiger partial charge is 0.324 e. The fourth-order valence-electron chi connectivity index (χ4n) is 1.46. The smallest absolute Gasteiger partial charge is 0.257 e. The number of carbonyl (C=O) groups is 1. The molecular formula is C11H12N4OS. The van der Waals surface area contributed by atoms with Crippen LogP contribution in [0.25, 0.3) is 0 Å². The predicted molar refractivity (Wildman–Crippen MR) is 69.1 cm³/mol. The number of nitrogens with two attached hydrogens (primary N) is 1. The van der Waals surface area contributed by atoms with Crippen molar-refractivity contribution in [2.24, 2.45) is 5.84 Å². The van der Waals surface area contributed by atoms with Gasteiger partial charge >= 0.3 is 0 Å². The summed E-state index contributed by atoms with van der Waals surface area (Å²) in [6.45, 7) is 1.86. The second-order valence-electron chi connectivity index (χ2n) is 3.47. The molecule has 0 spiro atoms. The Balaban J connectivity index is 2.19. The van der Waals surface area contributed by atoms with Crippen molar-refractivity contribution >= 4 is 28.1 Å². The zero-order chi connectivity index (χ0) is 12.3. The normalized spacial score (nSPS) is 10.0. The predicted octanol–water partition coefficient (Wildman–Crippen LogP) is 1.99. The number of aromatic nitrogens is 1. The van der Waals surface area contributed by atoms with Crippen LogP contribution in [0.3, 0.4) is 0 Å².